The van der Waals surface area contributed by atoms with E-state index in [1.165, 1.54) is 23.7 Å². The highest BCUT2D eigenvalue weighted by molar-refractivity contribution is 8.05. The largest absolute Gasteiger partial charge is 0.354 e. The number of hydrogen-bond donors (Lipinski definition) is 1. The number of anilines is 1. The van der Waals surface area contributed by atoms with Gasteiger partial charge in [0.25, 0.3) is 5.91 Å². The van der Waals surface area contributed by atoms with Gasteiger partial charge in [0, 0.05) is 12.7 Å². The maximum absolute atomic E-state index is 12.4. The Labute approximate surface area is 127 Å². The van der Waals surface area contributed by atoms with E-state index in [0.29, 0.717) is 10.7 Å². The van der Waals surface area contributed by atoms with Crippen molar-refractivity contribution in [1.82, 2.24) is 5.32 Å². The molecule has 0 aliphatic carbocycles. The van der Waals surface area contributed by atoms with E-state index in [0.717, 1.165) is 5.56 Å². The predicted octanol–water partition coefficient (Wildman–Crippen LogP) is 1.94. The molecular formula is C15H15N3O2S. The minimum Gasteiger partial charge on any atom is -0.354 e. The molecule has 2 amide bonds. The van der Waals surface area contributed by atoms with Gasteiger partial charge in [-0.05, 0) is 26.0 Å². The summed E-state index contributed by atoms with van der Waals surface area (Å²) in [6.45, 7) is 3.72. The lowest BCUT2D eigenvalue weighted by Crippen LogP contribution is -2.29. The third-order valence-corrected chi connectivity index (χ3v) is 4.30. The van der Waals surface area contributed by atoms with E-state index in [1.54, 1.807) is 6.92 Å². The molecule has 0 aromatic heterocycles. The number of carbonyl (C=O) groups excluding carboxylic acids is 2. The summed E-state index contributed by atoms with van der Waals surface area (Å²) in [4.78, 5) is 25.6. The molecule has 1 aliphatic heterocycles. The van der Waals surface area contributed by atoms with Crippen LogP contribution in [-0.4, -0.2) is 24.1 Å². The van der Waals surface area contributed by atoms with E-state index in [9.17, 15) is 14.9 Å². The summed E-state index contributed by atoms with van der Waals surface area (Å²) in [6.07, 6.45) is 0. The Morgan fingerprint density at radius 2 is 2.00 bits per heavy atom. The Morgan fingerprint density at radius 3 is 2.52 bits per heavy atom. The van der Waals surface area contributed by atoms with Crippen LogP contribution in [-0.2, 0) is 9.59 Å². The van der Waals surface area contributed by atoms with Crippen LogP contribution in [0.5, 0.6) is 0 Å². The molecule has 2 rings (SSSR count). The third-order valence-electron chi connectivity index (χ3n) is 3.13. The second kappa shape index (κ2) is 6.02. The first-order chi connectivity index (χ1) is 9.99. The van der Waals surface area contributed by atoms with E-state index in [2.05, 4.69) is 5.32 Å². The minimum absolute atomic E-state index is 0.0409. The van der Waals surface area contributed by atoms with Crippen LogP contribution >= 0.6 is 11.8 Å². The number of rotatable bonds is 2. The quantitative estimate of drug-likeness (QED) is 0.669. The molecule has 1 aromatic carbocycles. The van der Waals surface area contributed by atoms with E-state index in [-0.39, 0.29) is 16.7 Å². The fourth-order valence-corrected chi connectivity index (χ4v) is 3.08. The van der Waals surface area contributed by atoms with Crippen LogP contribution in [0, 0.1) is 18.3 Å². The molecule has 1 atom stereocenters. The third kappa shape index (κ3) is 2.78. The second-order valence-corrected chi connectivity index (χ2v) is 5.97. The first-order valence-corrected chi connectivity index (χ1v) is 7.31. The molecule has 1 fully saturated rings. The lowest BCUT2D eigenvalue weighted by atomic mass is 10.2. The number of amides is 2. The van der Waals surface area contributed by atoms with Gasteiger partial charge >= 0.3 is 0 Å². The summed E-state index contributed by atoms with van der Waals surface area (Å²) in [7, 11) is 1.46. The summed E-state index contributed by atoms with van der Waals surface area (Å²) >= 11 is 1.23. The van der Waals surface area contributed by atoms with Gasteiger partial charge in [0.2, 0.25) is 5.91 Å². The summed E-state index contributed by atoms with van der Waals surface area (Å²) in [6, 6.07) is 9.30. The zero-order valence-corrected chi connectivity index (χ0v) is 12.8. The molecule has 21 heavy (non-hydrogen) atoms. The Balaban J connectivity index is 2.57. The minimum atomic E-state index is -0.487. The summed E-state index contributed by atoms with van der Waals surface area (Å²) in [5.74, 6) is -0.616. The molecule has 0 spiro atoms. The lowest BCUT2D eigenvalue weighted by Gasteiger charge is -2.18. The number of nitriles is 1. The smallest absolute Gasteiger partial charge is 0.264 e. The first kappa shape index (κ1) is 15.1. The summed E-state index contributed by atoms with van der Waals surface area (Å²) < 4.78 is 0. The maximum atomic E-state index is 12.4. The van der Waals surface area contributed by atoms with Crippen LogP contribution < -0.4 is 10.2 Å². The topological polar surface area (TPSA) is 73.2 Å². The van der Waals surface area contributed by atoms with Crippen molar-refractivity contribution in [2.75, 3.05) is 11.9 Å². The Morgan fingerprint density at radius 1 is 1.38 bits per heavy atom. The van der Waals surface area contributed by atoms with Gasteiger partial charge in [-0.3, -0.25) is 14.5 Å². The van der Waals surface area contributed by atoms with E-state index in [1.807, 2.05) is 37.3 Å². The van der Waals surface area contributed by atoms with Crippen LogP contribution in [0.15, 0.2) is 34.9 Å². The van der Waals surface area contributed by atoms with Gasteiger partial charge in [-0.15, -0.1) is 0 Å². The monoisotopic (exact) mass is 301 g/mol. The standard InChI is InChI=1S/C15H15N3O2S/c1-9-4-6-11(7-5-9)18-14(20)10(2)21-15(18)12(8-16)13(19)17-3/h4-7,10H,1-3H3,(H,17,19)/b15-12-/t10-/m0/s1. The van der Waals surface area contributed by atoms with Gasteiger partial charge in [0.1, 0.15) is 16.7 Å². The van der Waals surface area contributed by atoms with Gasteiger partial charge < -0.3 is 5.32 Å². The molecule has 1 aliphatic rings. The highest BCUT2D eigenvalue weighted by atomic mass is 32.2. The summed E-state index contributed by atoms with van der Waals surface area (Å²) in [5.41, 5.74) is 1.69. The molecule has 6 heteroatoms. The van der Waals surface area contributed by atoms with Gasteiger partial charge in [0.05, 0.1) is 5.25 Å². The zero-order chi connectivity index (χ0) is 15.6. The first-order valence-electron chi connectivity index (χ1n) is 6.43. The summed E-state index contributed by atoms with van der Waals surface area (Å²) in [5, 5.41) is 11.7. The molecule has 5 nitrogen and oxygen atoms in total. The Hall–Kier alpha value is -2.26. The lowest BCUT2D eigenvalue weighted by molar-refractivity contribution is -0.117. The molecule has 0 radical (unpaired) electrons. The number of hydrogen-bond acceptors (Lipinski definition) is 4. The number of carbonyl (C=O) groups is 2. The van der Waals surface area contributed by atoms with Gasteiger partial charge in [0.15, 0.2) is 0 Å². The number of benzene rings is 1. The van der Waals surface area contributed by atoms with Crippen LogP contribution in [0.3, 0.4) is 0 Å². The molecule has 0 saturated carbocycles. The molecular weight excluding hydrogens is 286 g/mol. The van der Waals surface area contributed by atoms with Crippen molar-refractivity contribution in [3.63, 3.8) is 0 Å². The van der Waals surface area contributed by atoms with Crippen LogP contribution in [0.1, 0.15) is 12.5 Å². The zero-order valence-electron chi connectivity index (χ0n) is 12.0. The van der Waals surface area contributed by atoms with Crippen molar-refractivity contribution in [3.8, 4) is 6.07 Å². The SMILES string of the molecule is CNC(=O)/C(C#N)=C1\S[C@@H](C)C(=O)N1c1ccc(C)cc1. The van der Waals surface area contributed by atoms with Crippen molar-refractivity contribution in [3.05, 3.63) is 40.4 Å². The van der Waals surface area contributed by atoms with Gasteiger partial charge in [-0.1, -0.05) is 29.5 Å². The molecule has 1 saturated heterocycles. The molecule has 1 heterocycles. The highest BCUT2D eigenvalue weighted by Crippen LogP contribution is 2.40. The number of likely N-dealkylation sites (N-methyl/N-ethyl adjacent to an activating group) is 1. The van der Waals surface area contributed by atoms with E-state index < -0.39 is 5.91 Å². The fraction of sp³-hybridized carbons (Fsp3) is 0.267. The average Bonchev–Trinajstić information content (AvgIpc) is 2.76. The van der Waals surface area contributed by atoms with Crippen molar-refractivity contribution in [1.29, 1.82) is 5.26 Å². The molecule has 1 aromatic rings. The van der Waals surface area contributed by atoms with Crippen LogP contribution in [0.4, 0.5) is 5.69 Å². The number of nitrogens with one attached hydrogen (secondary N) is 1. The molecule has 1 N–H and O–H groups in total. The van der Waals surface area contributed by atoms with E-state index in [4.69, 9.17) is 0 Å². The van der Waals surface area contributed by atoms with Crippen LogP contribution in [0.25, 0.3) is 0 Å². The van der Waals surface area contributed by atoms with Gasteiger partial charge in [-0.2, -0.15) is 5.26 Å². The van der Waals surface area contributed by atoms with Crippen molar-refractivity contribution < 1.29 is 9.59 Å². The normalized spacial score (nSPS) is 20.2. The fourth-order valence-electron chi connectivity index (χ4n) is 1.98. The molecule has 108 valence electrons. The Bertz CT molecular complexity index is 658. The number of aryl methyl sites for hydroxylation is 1. The highest BCUT2D eigenvalue weighted by Gasteiger charge is 2.38. The Kier molecular flexibility index (Phi) is 4.34. The maximum Gasteiger partial charge on any atom is 0.264 e. The van der Waals surface area contributed by atoms with Crippen molar-refractivity contribution in [2.24, 2.45) is 0 Å². The van der Waals surface area contributed by atoms with Gasteiger partial charge in [-0.25, -0.2) is 0 Å². The number of thioether (sulfide) groups is 1. The number of nitrogens with zero attached hydrogens (tertiary/aromatic N) is 2. The van der Waals surface area contributed by atoms with E-state index >= 15 is 0 Å². The second-order valence-electron chi connectivity index (χ2n) is 4.64. The molecule has 0 unspecified atom stereocenters. The van der Waals surface area contributed by atoms with Crippen LogP contribution in [0.2, 0.25) is 0 Å². The average molecular weight is 301 g/mol. The van der Waals surface area contributed by atoms with Crippen molar-refractivity contribution in [2.45, 2.75) is 19.1 Å². The molecule has 0 bridgehead atoms. The van der Waals surface area contributed by atoms with Crippen molar-refractivity contribution >= 4 is 29.3 Å². The predicted molar refractivity (Wildman–Crippen MR) is 82.4 cm³/mol.